The molecule has 2 aromatic heterocycles. The fraction of sp³-hybridized carbons (Fsp3) is 0.375. The topological polar surface area (TPSA) is 91.2 Å². The Hall–Kier alpha value is -2.54. The molecule has 120 valence electrons. The van der Waals surface area contributed by atoms with E-state index in [1.165, 1.54) is 0 Å². The molecule has 0 amide bonds. The van der Waals surface area contributed by atoms with Gasteiger partial charge in [-0.3, -0.25) is 9.78 Å². The minimum atomic E-state index is -0.857. The van der Waals surface area contributed by atoms with Crippen LogP contribution >= 0.6 is 0 Å². The summed E-state index contributed by atoms with van der Waals surface area (Å²) in [6, 6.07) is 5.20. The number of aliphatic carboxylic acids is 1. The number of hydrogen-bond acceptors (Lipinski definition) is 6. The number of aryl methyl sites for hydroxylation is 2. The SMILES string of the molecule is Cc1ccc(-c2ccnc(N3CCNC(C(=O)O)C3)n2)c(C)n1. The van der Waals surface area contributed by atoms with Gasteiger partial charge in [-0.15, -0.1) is 0 Å². The average Bonchev–Trinajstić information content (AvgIpc) is 2.55. The molecule has 3 rings (SSSR count). The van der Waals surface area contributed by atoms with Gasteiger partial charge in [-0.25, -0.2) is 9.97 Å². The molecule has 0 bridgehead atoms. The summed E-state index contributed by atoms with van der Waals surface area (Å²) in [6.07, 6.45) is 1.70. The highest BCUT2D eigenvalue weighted by atomic mass is 16.4. The minimum absolute atomic E-state index is 0.351. The zero-order valence-corrected chi connectivity index (χ0v) is 13.2. The number of hydrogen-bond donors (Lipinski definition) is 2. The first-order valence-electron chi connectivity index (χ1n) is 7.53. The van der Waals surface area contributed by atoms with Crippen LogP contribution in [0.4, 0.5) is 5.95 Å². The van der Waals surface area contributed by atoms with Crippen molar-refractivity contribution in [3.63, 3.8) is 0 Å². The van der Waals surface area contributed by atoms with Crippen molar-refractivity contribution in [3.05, 3.63) is 35.8 Å². The molecule has 2 N–H and O–H groups in total. The van der Waals surface area contributed by atoms with E-state index in [0.29, 0.717) is 25.6 Å². The fourth-order valence-corrected chi connectivity index (χ4v) is 2.71. The molecule has 0 aromatic carbocycles. The highest BCUT2D eigenvalue weighted by Crippen LogP contribution is 2.22. The van der Waals surface area contributed by atoms with Gasteiger partial charge < -0.3 is 15.3 Å². The van der Waals surface area contributed by atoms with E-state index in [-0.39, 0.29) is 0 Å². The maximum atomic E-state index is 11.2. The summed E-state index contributed by atoms with van der Waals surface area (Å²) in [6.45, 7) is 5.53. The van der Waals surface area contributed by atoms with Crippen molar-refractivity contribution in [2.45, 2.75) is 19.9 Å². The van der Waals surface area contributed by atoms with Gasteiger partial charge in [0.25, 0.3) is 0 Å². The lowest BCUT2D eigenvalue weighted by atomic mass is 10.1. The Kier molecular flexibility index (Phi) is 4.20. The average molecular weight is 313 g/mol. The van der Waals surface area contributed by atoms with E-state index in [2.05, 4.69) is 20.3 Å². The first kappa shape index (κ1) is 15.4. The number of nitrogens with zero attached hydrogens (tertiary/aromatic N) is 4. The smallest absolute Gasteiger partial charge is 0.322 e. The molecule has 3 heterocycles. The third-order valence-corrected chi connectivity index (χ3v) is 3.90. The van der Waals surface area contributed by atoms with E-state index in [9.17, 15) is 4.79 Å². The summed E-state index contributed by atoms with van der Waals surface area (Å²) in [5, 5.41) is 12.1. The Morgan fingerprint density at radius 3 is 2.87 bits per heavy atom. The number of anilines is 1. The highest BCUT2D eigenvalue weighted by molar-refractivity contribution is 5.74. The quantitative estimate of drug-likeness (QED) is 0.874. The van der Waals surface area contributed by atoms with Crippen molar-refractivity contribution >= 4 is 11.9 Å². The second-order valence-electron chi connectivity index (χ2n) is 5.62. The molecule has 0 aliphatic carbocycles. The van der Waals surface area contributed by atoms with Gasteiger partial charge in [0.05, 0.1) is 5.69 Å². The Labute approximate surface area is 134 Å². The Bertz CT molecular complexity index is 734. The molecule has 0 spiro atoms. The van der Waals surface area contributed by atoms with E-state index >= 15 is 0 Å². The third-order valence-electron chi connectivity index (χ3n) is 3.90. The number of nitrogens with one attached hydrogen (secondary N) is 1. The lowest BCUT2D eigenvalue weighted by molar-refractivity contribution is -0.139. The van der Waals surface area contributed by atoms with Crippen molar-refractivity contribution in [2.75, 3.05) is 24.5 Å². The monoisotopic (exact) mass is 313 g/mol. The lowest BCUT2D eigenvalue weighted by Crippen LogP contribution is -2.54. The van der Waals surface area contributed by atoms with Gasteiger partial charge in [-0.2, -0.15) is 0 Å². The van der Waals surface area contributed by atoms with E-state index in [1.807, 2.05) is 36.9 Å². The number of rotatable bonds is 3. The van der Waals surface area contributed by atoms with Crippen molar-refractivity contribution in [2.24, 2.45) is 0 Å². The zero-order chi connectivity index (χ0) is 16.4. The van der Waals surface area contributed by atoms with Crippen LogP contribution in [0.5, 0.6) is 0 Å². The molecule has 1 aliphatic rings. The van der Waals surface area contributed by atoms with Gasteiger partial charge in [-0.1, -0.05) is 0 Å². The standard InChI is InChI=1S/C16H19N5O2/c1-10-3-4-12(11(2)19-10)13-5-6-18-16(20-13)21-8-7-17-14(9-21)15(22)23/h3-6,14,17H,7-9H2,1-2H3,(H,22,23). The van der Waals surface area contributed by atoms with Gasteiger partial charge in [0, 0.05) is 42.8 Å². The van der Waals surface area contributed by atoms with Crippen molar-refractivity contribution in [1.82, 2.24) is 20.3 Å². The van der Waals surface area contributed by atoms with Gasteiger partial charge >= 0.3 is 5.97 Å². The summed E-state index contributed by atoms with van der Waals surface area (Å²) in [5.41, 5.74) is 3.64. The third kappa shape index (κ3) is 3.29. The molecule has 1 fully saturated rings. The minimum Gasteiger partial charge on any atom is -0.480 e. The van der Waals surface area contributed by atoms with Crippen LogP contribution in [0.15, 0.2) is 24.4 Å². The second-order valence-corrected chi connectivity index (χ2v) is 5.62. The van der Waals surface area contributed by atoms with Gasteiger partial charge in [0.15, 0.2) is 0 Å². The molecule has 7 nitrogen and oxygen atoms in total. The van der Waals surface area contributed by atoms with E-state index in [1.54, 1.807) is 6.20 Å². The highest BCUT2D eigenvalue weighted by Gasteiger charge is 2.26. The first-order chi connectivity index (χ1) is 11.0. The van der Waals surface area contributed by atoms with Crippen molar-refractivity contribution in [1.29, 1.82) is 0 Å². The summed E-state index contributed by atoms with van der Waals surface area (Å²) >= 11 is 0. The first-order valence-corrected chi connectivity index (χ1v) is 7.53. The van der Waals surface area contributed by atoms with Gasteiger partial charge in [-0.05, 0) is 32.0 Å². The van der Waals surface area contributed by atoms with Crippen LogP contribution in [0.3, 0.4) is 0 Å². The second kappa shape index (κ2) is 6.29. The van der Waals surface area contributed by atoms with E-state index in [0.717, 1.165) is 22.6 Å². The fourth-order valence-electron chi connectivity index (χ4n) is 2.71. The number of carbonyl (C=O) groups is 1. The van der Waals surface area contributed by atoms with Crippen LogP contribution in [-0.2, 0) is 4.79 Å². The molecule has 0 saturated carbocycles. The van der Waals surface area contributed by atoms with E-state index < -0.39 is 12.0 Å². The van der Waals surface area contributed by atoms with Crippen LogP contribution in [0.25, 0.3) is 11.3 Å². The molecule has 23 heavy (non-hydrogen) atoms. The van der Waals surface area contributed by atoms with E-state index in [4.69, 9.17) is 5.11 Å². The summed E-state index contributed by atoms with van der Waals surface area (Å²) in [7, 11) is 0. The number of carboxylic acid groups (broad SMARTS) is 1. The van der Waals surface area contributed by atoms with Gasteiger partial charge in [0.1, 0.15) is 6.04 Å². The number of aromatic nitrogens is 3. The Balaban J connectivity index is 1.89. The molecule has 1 saturated heterocycles. The van der Waals surface area contributed by atoms with Crippen LogP contribution in [0.1, 0.15) is 11.4 Å². The van der Waals surface area contributed by atoms with Crippen molar-refractivity contribution in [3.8, 4) is 11.3 Å². The molecule has 1 unspecified atom stereocenters. The van der Waals surface area contributed by atoms with Crippen LogP contribution in [0.2, 0.25) is 0 Å². The molecule has 2 aromatic rings. The largest absolute Gasteiger partial charge is 0.480 e. The molecular formula is C16H19N5O2. The molecule has 0 radical (unpaired) electrons. The molecule has 7 heteroatoms. The number of piperazine rings is 1. The maximum Gasteiger partial charge on any atom is 0.322 e. The van der Waals surface area contributed by atoms with Crippen LogP contribution < -0.4 is 10.2 Å². The number of pyridine rings is 1. The lowest BCUT2D eigenvalue weighted by Gasteiger charge is -2.31. The van der Waals surface area contributed by atoms with Crippen LogP contribution in [0, 0.1) is 13.8 Å². The summed E-state index contributed by atoms with van der Waals surface area (Å²) in [4.78, 5) is 26.4. The summed E-state index contributed by atoms with van der Waals surface area (Å²) in [5.74, 6) is -0.306. The summed E-state index contributed by atoms with van der Waals surface area (Å²) < 4.78 is 0. The zero-order valence-electron chi connectivity index (χ0n) is 13.2. The predicted molar refractivity (Wildman–Crippen MR) is 86.4 cm³/mol. The van der Waals surface area contributed by atoms with Crippen molar-refractivity contribution < 1.29 is 9.90 Å². The van der Waals surface area contributed by atoms with Gasteiger partial charge in [0.2, 0.25) is 5.95 Å². The normalized spacial score (nSPS) is 18.0. The Morgan fingerprint density at radius 1 is 1.30 bits per heavy atom. The molecule has 1 atom stereocenters. The Morgan fingerprint density at radius 2 is 2.13 bits per heavy atom. The predicted octanol–water partition coefficient (Wildman–Crippen LogP) is 1.02. The molecular weight excluding hydrogens is 294 g/mol. The maximum absolute atomic E-state index is 11.2. The molecule has 1 aliphatic heterocycles. The van der Waals surface area contributed by atoms with Crippen LogP contribution in [-0.4, -0.2) is 51.7 Å². The number of carboxylic acids is 1.